The molecule has 2 heterocycles. The molecule has 0 atom stereocenters. The fourth-order valence-corrected chi connectivity index (χ4v) is 4.63. The molecule has 2 aromatic rings. The maximum atomic E-state index is 12.7. The molecule has 2 fully saturated rings. The summed E-state index contributed by atoms with van der Waals surface area (Å²) in [7, 11) is 0. The first-order valence-electron chi connectivity index (χ1n) is 10.9. The summed E-state index contributed by atoms with van der Waals surface area (Å²) >= 11 is 0. The molecule has 0 radical (unpaired) electrons. The number of hydrogen-bond acceptors (Lipinski definition) is 5. The molecule has 0 bridgehead atoms. The van der Waals surface area contributed by atoms with Gasteiger partial charge in [0, 0.05) is 36.8 Å². The van der Waals surface area contributed by atoms with Crippen LogP contribution in [0.1, 0.15) is 32.1 Å². The van der Waals surface area contributed by atoms with Crippen LogP contribution in [0.2, 0.25) is 0 Å². The van der Waals surface area contributed by atoms with E-state index in [4.69, 9.17) is 4.74 Å². The molecule has 1 aliphatic heterocycles. The number of aromatic nitrogens is 2. The number of morpholine rings is 1. The number of carbonyl (C=O) groups excluding carboxylic acids is 1. The van der Waals surface area contributed by atoms with Crippen LogP contribution < -0.4 is 10.9 Å². The van der Waals surface area contributed by atoms with E-state index >= 15 is 0 Å². The summed E-state index contributed by atoms with van der Waals surface area (Å²) in [5.74, 6) is -0.173. The molecule has 1 saturated heterocycles. The average Bonchev–Trinajstić information content (AvgIpc) is 2.81. The van der Waals surface area contributed by atoms with Crippen LogP contribution in [-0.2, 0) is 16.1 Å². The zero-order valence-corrected chi connectivity index (χ0v) is 17.4. The van der Waals surface area contributed by atoms with E-state index in [0.29, 0.717) is 12.2 Å². The molecule has 160 valence electrons. The minimum Gasteiger partial charge on any atom is -0.379 e. The van der Waals surface area contributed by atoms with Gasteiger partial charge in [0.25, 0.3) is 5.56 Å². The third-order valence-electron chi connectivity index (χ3n) is 6.31. The maximum absolute atomic E-state index is 12.7. The zero-order valence-electron chi connectivity index (χ0n) is 17.4. The molecule has 1 saturated carbocycles. The second-order valence-corrected chi connectivity index (χ2v) is 8.24. The maximum Gasteiger partial charge on any atom is 0.267 e. The number of benzene rings is 1. The summed E-state index contributed by atoms with van der Waals surface area (Å²) in [5, 5.41) is 7.51. The number of ether oxygens (including phenoxy) is 1. The van der Waals surface area contributed by atoms with Gasteiger partial charge in [-0.3, -0.25) is 14.5 Å². The molecule has 1 aromatic carbocycles. The molecule has 30 heavy (non-hydrogen) atoms. The molecule has 0 unspecified atom stereocenters. The SMILES string of the molecule is O=C(Cn1nc(-c2ccccc2)ccc1=O)NCC1(N2CCOCC2)CCCCC1. The van der Waals surface area contributed by atoms with Gasteiger partial charge in [0.2, 0.25) is 5.91 Å². The Hall–Kier alpha value is -2.51. The third kappa shape index (κ3) is 4.79. The molecule has 7 nitrogen and oxygen atoms in total. The van der Waals surface area contributed by atoms with Crippen molar-refractivity contribution in [3.8, 4) is 11.3 Å². The Morgan fingerprint density at radius 1 is 1.03 bits per heavy atom. The molecular weight excluding hydrogens is 380 g/mol. The van der Waals surface area contributed by atoms with E-state index in [1.54, 1.807) is 6.07 Å². The van der Waals surface area contributed by atoms with Crippen molar-refractivity contribution in [1.82, 2.24) is 20.0 Å². The molecule has 1 aromatic heterocycles. The van der Waals surface area contributed by atoms with Gasteiger partial charge in [-0.25, -0.2) is 4.68 Å². The summed E-state index contributed by atoms with van der Waals surface area (Å²) in [6.07, 6.45) is 5.82. The zero-order chi connectivity index (χ0) is 20.8. The van der Waals surface area contributed by atoms with Gasteiger partial charge < -0.3 is 10.1 Å². The monoisotopic (exact) mass is 410 g/mol. The van der Waals surface area contributed by atoms with Crippen LogP contribution in [0.15, 0.2) is 47.3 Å². The highest BCUT2D eigenvalue weighted by atomic mass is 16.5. The van der Waals surface area contributed by atoms with Gasteiger partial charge in [-0.2, -0.15) is 5.10 Å². The third-order valence-corrected chi connectivity index (χ3v) is 6.31. The molecule has 4 rings (SSSR count). The van der Waals surface area contributed by atoms with Gasteiger partial charge in [-0.05, 0) is 18.9 Å². The van der Waals surface area contributed by atoms with Crippen molar-refractivity contribution >= 4 is 5.91 Å². The quantitative estimate of drug-likeness (QED) is 0.789. The van der Waals surface area contributed by atoms with E-state index in [1.807, 2.05) is 30.3 Å². The van der Waals surface area contributed by atoms with Gasteiger partial charge in [0.05, 0.1) is 18.9 Å². The smallest absolute Gasteiger partial charge is 0.267 e. The molecule has 2 aliphatic rings. The summed E-state index contributed by atoms with van der Waals surface area (Å²) in [6, 6.07) is 12.8. The van der Waals surface area contributed by atoms with E-state index in [2.05, 4.69) is 15.3 Å². The highest BCUT2D eigenvalue weighted by Gasteiger charge is 2.38. The highest BCUT2D eigenvalue weighted by molar-refractivity contribution is 5.75. The van der Waals surface area contributed by atoms with Crippen LogP contribution in [0.5, 0.6) is 0 Å². The van der Waals surface area contributed by atoms with Gasteiger partial charge in [0.1, 0.15) is 6.54 Å². The van der Waals surface area contributed by atoms with Crippen LogP contribution in [0.3, 0.4) is 0 Å². The number of rotatable bonds is 6. The van der Waals surface area contributed by atoms with Crippen molar-refractivity contribution in [1.29, 1.82) is 0 Å². The van der Waals surface area contributed by atoms with Crippen molar-refractivity contribution in [2.24, 2.45) is 0 Å². The lowest BCUT2D eigenvalue weighted by Crippen LogP contribution is -2.60. The topological polar surface area (TPSA) is 76.5 Å². The van der Waals surface area contributed by atoms with E-state index < -0.39 is 0 Å². The van der Waals surface area contributed by atoms with Gasteiger partial charge in [0.15, 0.2) is 0 Å². The fourth-order valence-electron chi connectivity index (χ4n) is 4.63. The number of nitrogens with one attached hydrogen (secondary N) is 1. The summed E-state index contributed by atoms with van der Waals surface area (Å²) in [6.45, 7) is 3.87. The average molecular weight is 411 g/mol. The Kier molecular flexibility index (Phi) is 6.59. The Bertz CT molecular complexity index is 900. The van der Waals surface area contributed by atoms with Crippen molar-refractivity contribution in [2.45, 2.75) is 44.2 Å². The molecule has 1 aliphatic carbocycles. The Morgan fingerprint density at radius 3 is 2.50 bits per heavy atom. The predicted molar refractivity (Wildman–Crippen MR) is 115 cm³/mol. The lowest BCUT2D eigenvalue weighted by molar-refractivity contribution is -0.123. The Labute approximate surface area is 177 Å². The largest absolute Gasteiger partial charge is 0.379 e. The van der Waals surface area contributed by atoms with Crippen LogP contribution in [0.4, 0.5) is 0 Å². The van der Waals surface area contributed by atoms with E-state index in [1.165, 1.54) is 30.0 Å². The van der Waals surface area contributed by atoms with E-state index in [-0.39, 0.29) is 23.6 Å². The van der Waals surface area contributed by atoms with Crippen LogP contribution in [0.25, 0.3) is 11.3 Å². The predicted octanol–water partition coefficient (Wildman–Crippen LogP) is 2.06. The Balaban J connectivity index is 1.43. The van der Waals surface area contributed by atoms with E-state index in [0.717, 1.165) is 44.7 Å². The summed E-state index contributed by atoms with van der Waals surface area (Å²) in [4.78, 5) is 27.5. The standard InChI is InChI=1S/C23H30N4O3/c28-21(17-27-22(29)10-9-20(25-27)19-7-3-1-4-8-19)24-18-23(11-5-2-6-12-23)26-13-15-30-16-14-26/h1,3-4,7-10H,2,5-6,11-18H2,(H,24,28). The minimum absolute atomic E-state index is 0.00195. The second-order valence-electron chi connectivity index (χ2n) is 8.24. The summed E-state index contributed by atoms with van der Waals surface area (Å²) in [5.41, 5.74) is 1.33. The highest BCUT2D eigenvalue weighted by Crippen LogP contribution is 2.33. The second kappa shape index (κ2) is 9.53. The number of nitrogens with zero attached hydrogens (tertiary/aromatic N) is 3. The molecule has 1 N–H and O–H groups in total. The van der Waals surface area contributed by atoms with E-state index in [9.17, 15) is 9.59 Å². The lowest BCUT2D eigenvalue weighted by Gasteiger charge is -2.48. The number of amides is 1. The summed E-state index contributed by atoms with van der Waals surface area (Å²) < 4.78 is 6.78. The van der Waals surface area contributed by atoms with Gasteiger partial charge >= 0.3 is 0 Å². The molecular formula is C23H30N4O3. The molecule has 7 heteroatoms. The number of hydrogen-bond donors (Lipinski definition) is 1. The Morgan fingerprint density at radius 2 is 1.77 bits per heavy atom. The van der Waals surface area contributed by atoms with Crippen LogP contribution in [0, 0.1) is 0 Å². The first-order chi connectivity index (χ1) is 14.7. The molecule has 1 amide bonds. The van der Waals surface area contributed by atoms with Crippen molar-refractivity contribution < 1.29 is 9.53 Å². The molecule has 0 spiro atoms. The van der Waals surface area contributed by atoms with Crippen molar-refractivity contribution in [2.75, 3.05) is 32.8 Å². The van der Waals surface area contributed by atoms with Crippen LogP contribution in [-0.4, -0.2) is 59.0 Å². The first kappa shape index (κ1) is 20.8. The minimum atomic E-state index is -0.273. The first-order valence-corrected chi connectivity index (χ1v) is 10.9. The van der Waals surface area contributed by atoms with Crippen molar-refractivity contribution in [3.05, 3.63) is 52.8 Å². The van der Waals surface area contributed by atoms with Crippen LogP contribution >= 0.6 is 0 Å². The van der Waals surface area contributed by atoms with Gasteiger partial charge in [-0.15, -0.1) is 0 Å². The van der Waals surface area contributed by atoms with Gasteiger partial charge in [-0.1, -0.05) is 49.6 Å². The number of carbonyl (C=O) groups is 1. The lowest BCUT2D eigenvalue weighted by atomic mass is 9.79. The van der Waals surface area contributed by atoms with Crippen molar-refractivity contribution in [3.63, 3.8) is 0 Å². The normalized spacial score (nSPS) is 19.3. The fraction of sp³-hybridized carbons (Fsp3) is 0.522.